The Hall–Kier alpha value is -2.15. The van der Waals surface area contributed by atoms with E-state index in [1.54, 1.807) is 11.3 Å². The maximum Gasteiger partial charge on any atom is 0.412 e. The first kappa shape index (κ1) is 23.6. The average molecular weight is 541 g/mol. The van der Waals surface area contributed by atoms with Crippen molar-refractivity contribution < 1.29 is 14.0 Å². The highest BCUT2D eigenvalue weighted by Crippen LogP contribution is 2.36. The third-order valence-electron chi connectivity index (χ3n) is 7.49. The number of fused-ring (bicyclic) bond motifs is 3. The van der Waals surface area contributed by atoms with Gasteiger partial charge in [-0.15, -0.1) is 11.3 Å². The molecular formula is C28H32BrN2O2S+. The fourth-order valence-corrected chi connectivity index (χ4v) is 7.15. The first-order valence-corrected chi connectivity index (χ1v) is 13.9. The van der Waals surface area contributed by atoms with E-state index in [1.807, 2.05) is 18.2 Å². The van der Waals surface area contributed by atoms with E-state index >= 15 is 0 Å². The van der Waals surface area contributed by atoms with Gasteiger partial charge >= 0.3 is 6.09 Å². The molecule has 6 heteroatoms. The fraction of sp³-hybridized carbons (Fsp3) is 0.393. The van der Waals surface area contributed by atoms with E-state index < -0.39 is 0 Å². The van der Waals surface area contributed by atoms with Crippen LogP contribution in [0.5, 0.6) is 0 Å². The molecule has 1 N–H and O–H groups in total. The van der Waals surface area contributed by atoms with Crippen LogP contribution in [0.15, 0.2) is 70.5 Å². The van der Waals surface area contributed by atoms with Crippen molar-refractivity contribution >= 4 is 39.0 Å². The molecule has 1 aromatic heterocycles. The number of ether oxygens (including phenoxy) is 1. The average Bonchev–Trinajstić information content (AvgIpc) is 3.26. The summed E-state index contributed by atoms with van der Waals surface area (Å²) in [6.07, 6.45) is 5.11. The Labute approximate surface area is 214 Å². The van der Waals surface area contributed by atoms with Crippen LogP contribution in [0.4, 0.5) is 10.5 Å². The molecule has 1 atom stereocenters. The molecule has 2 bridgehead atoms. The molecule has 1 amide bonds. The standard InChI is InChI=1S/C28H31BrN2O2S/c29-27-13-12-24(34-27)19-23-10-4-5-11-25(23)30-28(32)33-26-20-31(17-14-22(26)15-18-31)16-6-9-21-7-2-1-3-8-21/h1-5,7-8,10-13,22,26H,6,9,14-20H2/p+1. The van der Waals surface area contributed by atoms with Gasteiger partial charge < -0.3 is 9.22 Å². The molecule has 4 heterocycles. The van der Waals surface area contributed by atoms with Crippen LogP contribution in [0.1, 0.15) is 35.3 Å². The maximum absolute atomic E-state index is 12.9. The Bertz CT molecular complexity index is 1110. The van der Waals surface area contributed by atoms with Gasteiger partial charge in [-0.2, -0.15) is 0 Å². The molecular weight excluding hydrogens is 508 g/mol. The minimum Gasteiger partial charge on any atom is -0.440 e. The van der Waals surface area contributed by atoms with Gasteiger partial charge in [0.1, 0.15) is 6.54 Å². The third-order valence-corrected chi connectivity index (χ3v) is 9.11. The Balaban J connectivity index is 1.17. The van der Waals surface area contributed by atoms with Crippen molar-refractivity contribution in [3.05, 3.63) is 86.5 Å². The Kier molecular flexibility index (Phi) is 7.37. The number of carbonyl (C=O) groups is 1. The summed E-state index contributed by atoms with van der Waals surface area (Å²) < 4.78 is 8.28. The summed E-state index contributed by atoms with van der Waals surface area (Å²) in [5.74, 6) is 0.499. The van der Waals surface area contributed by atoms with Crippen LogP contribution in [0.3, 0.4) is 0 Å². The van der Waals surface area contributed by atoms with E-state index in [0.29, 0.717) is 5.92 Å². The number of benzene rings is 2. The number of rotatable bonds is 8. The Morgan fingerprint density at radius 2 is 1.79 bits per heavy atom. The van der Waals surface area contributed by atoms with Gasteiger partial charge in [0.2, 0.25) is 0 Å². The highest BCUT2D eigenvalue weighted by molar-refractivity contribution is 9.11. The molecule has 0 spiro atoms. The van der Waals surface area contributed by atoms with Gasteiger partial charge in [-0.05, 0) is 51.7 Å². The number of nitrogens with zero attached hydrogens (tertiary/aromatic N) is 1. The second kappa shape index (κ2) is 10.6. The zero-order valence-electron chi connectivity index (χ0n) is 19.4. The summed E-state index contributed by atoms with van der Waals surface area (Å²) in [5.41, 5.74) is 3.35. The highest BCUT2D eigenvalue weighted by atomic mass is 79.9. The van der Waals surface area contributed by atoms with Crippen LogP contribution < -0.4 is 5.32 Å². The van der Waals surface area contributed by atoms with Crippen LogP contribution in [0.2, 0.25) is 0 Å². The summed E-state index contributed by atoms with van der Waals surface area (Å²) >= 11 is 5.26. The Morgan fingerprint density at radius 3 is 2.56 bits per heavy atom. The van der Waals surface area contributed by atoms with Gasteiger partial charge in [0, 0.05) is 42.2 Å². The van der Waals surface area contributed by atoms with Crippen LogP contribution >= 0.6 is 27.3 Å². The monoisotopic (exact) mass is 539 g/mol. The molecule has 3 aromatic rings. The van der Waals surface area contributed by atoms with Crippen molar-refractivity contribution in [1.29, 1.82) is 0 Å². The van der Waals surface area contributed by atoms with E-state index in [9.17, 15) is 4.79 Å². The molecule has 0 aliphatic carbocycles. The zero-order chi connectivity index (χ0) is 23.4. The Morgan fingerprint density at radius 1 is 1.03 bits per heavy atom. The molecule has 3 fully saturated rings. The molecule has 2 aromatic carbocycles. The number of amides is 1. The van der Waals surface area contributed by atoms with E-state index in [4.69, 9.17) is 4.74 Å². The van der Waals surface area contributed by atoms with Crippen molar-refractivity contribution in [3.8, 4) is 0 Å². The molecule has 4 nitrogen and oxygen atoms in total. The minimum atomic E-state index is -0.319. The normalized spacial score (nSPS) is 23.6. The van der Waals surface area contributed by atoms with Crippen LogP contribution in [-0.4, -0.2) is 42.9 Å². The predicted molar refractivity (Wildman–Crippen MR) is 142 cm³/mol. The summed E-state index contributed by atoms with van der Waals surface area (Å²) in [5, 5.41) is 3.05. The van der Waals surface area contributed by atoms with Gasteiger partial charge in [0.25, 0.3) is 0 Å². The van der Waals surface area contributed by atoms with Gasteiger partial charge in [-0.3, -0.25) is 5.32 Å². The number of piperidine rings is 3. The van der Waals surface area contributed by atoms with Crippen LogP contribution in [-0.2, 0) is 17.6 Å². The maximum atomic E-state index is 12.9. The van der Waals surface area contributed by atoms with Crippen molar-refractivity contribution in [2.75, 3.05) is 31.5 Å². The predicted octanol–water partition coefficient (Wildman–Crippen LogP) is 6.89. The van der Waals surface area contributed by atoms with Crippen LogP contribution in [0.25, 0.3) is 0 Å². The molecule has 0 saturated carbocycles. The number of hydrogen-bond donors (Lipinski definition) is 1. The fourth-order valence-electron chi connectivity index (χ4n) is 5.64. The van der Waals surface area contributed by atoms with Gasteiger partial charge in [-0.25, -0.2) is 4.79 Å². The van der Waals surface area contributed by atoms with Crippen molar-refractivity contribution in [1.82, 2.24) is 0 Å². The first-order chi connectivity index (χ1) is 16.6. The van der Waals surface area contributed by atoms with E-state index in [1.165, 1.54) is 36.5 Å². The number of nitrogens with one attached hydrogen (secondary N) is 1. The number of carbonyl (C=O) groups excluding carboxylic acids is 1. The lowest BCUT2D eigenvalue weighted by molar-refractivity contribution is -0.946. The largest absolute Gasteiger partial charge is 0.440 e. The number of halogens is 1. The molecule has 178 valence electrons. The van der Waals surface area contributed by atoms with E-state index in [-0.39, 0.29) is 12.2 Å². The molecule has 1 unspecified atom stereocenters. The van der Waals surface area contributed by atoms with Gasteiger partial charge in [-0.1, -0.05) is 48.5 Å². The quantitative estimate of drug-likeness (QED) is 0.316. The van der Waals surface area contributed by atoms with Crippen LogP contribution in [0, 0.1) is 5.92 Å². The molecule has 0 radical (unpaired) electrons. The number of thiophene rings is 1. The lowest BCUT2D eigenvalue weighted by Gasteiger charge is -2.52. The van der Waals surface area contributed by atoms with Crippen molar-refractivity contribution in [2.24, 2.45) is 5.92 Å². The number of quaternary nitrogens is 1. The van der Waals surface area contributed by atoms with Crippen molar-refractivity contribution in [2.45, 2.75) is 38.2 Å². The number of anilines is 1. The zero-order valence-corrected chi connectivity index (χ0v) is 21.8. The number of hydrogen-bond acceptors (Lipinski definition) is 3. The van der Waals surface area contributed by atoms with Gasteiger partial charge in [0.15, 0.2) is 6.10 Å². The van der Waals surface area contributed by atoms with Gasteiger partial charge in [0.05, 0.1) is 23.4 Å². The first-order valence-electron chi connectivity index (χ1n) is 12.3. The van der Waals surface area contributed by atoms with Crippen molar-refractivity contribution in [3.63, 3.8) is 0 Å². The smallest absolute Gasteiger partial charge is 0.412 e. The number of para-hydroxylation sites is 1. The molecule has 34 heavy (non-hydrogen) atoms. The lowest BCUT2D eigenvalue weighted by atomic mass is 9.83. The summed E-state index contributed by atoms with van der Waals surface area (Å²) in [6, 6.07) is 23.0. The minimum absolute atomic E-state index is 0.0136. The summed E-state index contributed by atoms with van der Waals surface area (Å²) in [7, 11) is 0. The summed E-state index contributed by atoms with van der Waals surface area (Å²) in [4.78, 5) is 14.2. The number of aryl methyl sites for hydroxylation is 1. The molecule has 3 aliphatic heterocycles. The third kappa shape index (κ3) is 5.73. The van der Waals surface area contributed by atoms with E-state index in [2.05, 4.69) is 69.8 Å². The lowest BCUT2D eigenvalue weighted by Crippen LogP contribution is -2.64. The SMILES string of the molecule is O=C(Nc1ccccc1Cc1ccc(Br)s1)OC1C[N+]2(CCCc3ccccc3)CCC1CC2. The molecule has 6 rings (SSSR count). The second-order valence-electron chi connectivity index (χ2n) is 9.73. The second-order valence-corrected chi connectivity index (χ2v) is 12.3. The highest BCUT2D eigenvalue weighted by Gasteiger charge is 2.47. The molecule has 3 saturated heterocycles. The summed E-state index contributed by atoms with van der Waals surface area (Å²) in [6.45, 7) is 4.57. The topological polar surface area (TPSA) is 38.3 Å². The molecule has 3 aliphatic rings. The van der Waals surface area contributed by atoms with E-state index in [0.717, 1.165) is 51.7 Å².